The second-order valence-electron chi connectivity index (χ2n) is 2.76. The van der Waals surface area contributed by atoms with Crippen molar-refractivity contribution in [1.82, 2.24) is 0 Å². The Hall–Kier alpha value is -1.51. The van der Waals surface area contributed by atoms with E-state index >= 15 is 0 Å². The van der Waals surface area contributed by atoms with Gasteiger partial charge in [0.15, 0.2) is 0 Å². The third kappa shape index (κ3) is 2.47. The Labute approximate surface area is 77.4 Å². The molecular weight excluding hydrogens is 166 g/mol. The summed E-state index contributed by atoms with van der Waals surface area (Å²) in [4.78, 5) is 10.6. The quantitative estimate of drug-likeness (QED) is 0.744. The van der Waals surface area contributed by atoms with Crippen LogP contribution in [-0.2, 0) is 0 Å². The van der Waals surface area contributed by atoms with Gasteiger partial charge in [0.25, 0.3) is 0 Å². The lowest BCUT2D eigenvalue weighted by atomic mass is 10.2. The summed E-state index contributed by atoms with van der Waals surface area (Å²) >= 11 is 0. The second-order valence-corrected chi connectivity index (χ2v) is 2.76. The number of benzene rings is 1. The lowest BCUT2D eigenvalue weighted by Crippen LogP contribution is -2.23. The number of carboxylic acids is 1. The molecule has 13 heavy (non-hydrogen) atoms. The van der Waals surface area contributed by atoms with Crippen molar-refractivity contribution in [2.75, 3.05) is 11.9 Å². The molecule has 70 valence electrons. The monoisotopic (exact) mass is 178 g/mol. The predicted molar refractivity (Wildman–Crippen MR) is 49.6 cm³/mol. The highest BCUT2D eigenvalue weighted by Crippen LogP contribution is 2.13. The van der Waals surface area contributed by atoms with Gasteiger partial charge in [-0.05, 0) is 12.5 Å². The van der Waals surface area contributed by atoms with Crippen molar-refractivity contribution in [2.45, 2.75) is 13.3 Å². The zero-order valence-corrected chi connectivity index (χ0v) is 7.54. The minimum atomic E-state index is -1.14. The summed E-state index contributed by atoms with van der Waals surface area (Å²) < 4.78 is 0. The molecule has 3 nitrogen and oxygen atoms in total. The normalized spacial score (nSPS) is 9.62. The zero-order chi connectivity index (χ0) is 9.68. The Balaban J connectivity index is 2.84. The summed E-state index contributed by atoms with van der Waals surface area (Å²) in [5, 5.41) is 13.7. The number of carbonyl (C=O) groups is 1. The van der Waals surface area contributed by atoms with E-state index in [4.69, 9.17) is 0 Å². The van der Waals surface area contributed by atoms with Gasteiger partial charge in [-0.2, -0.15) is 0 Å². The number of carbonyl (C=O) groups excluding carboxylic acids is 1. The number of aromatic carboxylic acids is 1. The molecular formula is C10H12NO2-. The van der Waals surface area contributed by atoms with Crippen molar-refractivity contribution in [3.8, 4) is 0 Å². The van der Waals surface area contributed by atoms with E-state index in [1.807, 2.05) is 6.92 Å². The number of anilines is 1. The van der Waals surface area contributed by atoms with E-state index in [2.05, 4.69) is 5.32 Å². The van der Waals surface area contributed by atoms with Gasteiger partial charge in [0.05, 0.1) is 5.97 Å². The van der Waals surface area contributed by atoms with Gasteiger partial charge < -0.3 is 15.2 Å². The smallest absolute Gasteiger partial charge is 0.0736 e. The SMILES string of the molecule is CCCNc1ccccc1C(=O)[O-]. The average molecular weight is 178 g/mol. The maximum absolute atomic E-state index is 10.6. The van der Waals surface area contributed by atoms with Crippen LogP contribution in [0.15, 0.2) is 24.3 Å². The van der Waals surface area contributed by atoms with Crippen LogP contribution in [0.5, 0.6) is 0 Å². The molecule has 0 radical (unpaired) electrons. The van der Waals surface area contributed by atoms with Gasteiger partial charge in [-0.25, -0.2) is 0 Å². The zero-order valence-electron chi connectivity index (χ0n) is 7.54. The molecule has 1 aromatic rings. The lowest BCUT2D eigenvalue weighted by molar-refractivity contribution is -0.254. The van der Waals surface area contributed by atoms with Gasteiger partial charge in [-0.3, -0.25) is 0 Å². The van der Waals surface area contributed by atoms with E-state index in [1.54, 1.807) is 18.2 Å². The van der Waals surface area contributed by atoms with Gasteiger partial charge in [-0.15, -0.1) is 0 Å². The van der Waals surface area contributed by atoms with Crippen LogP contribution in [0.2, 0.25) is 0 Å². The molecule has 1 rings (SSSR count). The van der Waals surface area contributed by atoms with Crippen molar-refractivity contribution < 1.29 is 9.90 Å². The van der Waals surface area contributed by atoms with Crippen LogP contribution < -0.4 is 10.4 Å². The van der Waals surface area contributed by atoms with Crippen LogP contribution in [0.1, 0.15) is 23.7 Å². The molecule has 1 aromatic carbocycles. The largest absolute Gasteiger partial charge is 0.545 e. The van der Waals surface area contributed by atoms with E-state index in [9.17, 15) is 9.90 Å². The summed E-state index contributed by atoms with van der Waals surface area (Å²) in [6.45, 7) is 2.79. The second kappa shape index (κ2) is 4.50. The molecule has 0 aromatic heterocycles. The molecule has 0 amide bonds. The number of carboxylic acid groups (broad SMARTS) is 1. The van der Waals surface area contributed by atoms with Crippen molar-refractivity contribution in [3.05, 3.63) is 29.8 Å². The van der Waals surface area contributed by atoms with Gasteiger partial charge in [-0.1, -0.05) is 25.1 Å². The molecule has 0 aliphatic heterocycles. The first-order chi connectivity index (χ1) is 6.25. The van der Waals surface area contributed by atoms with Crippen molar-refractivity contribution in [1.29, 1.82) is 0 Å². The molecule has 0 fully saturated rings. The maximum Gasteiger partial charge on any atom is 0.0736 e. The molecule has 0 aliphatic rings. The van der Waals surface area contributed by atoms with Crippen LogP contribution in [0.3, 0.4) is 0 Å². The Kier molecular flexibility index (Phi) is 3.31. The molecule has 0 saturated carbocycles. The molecule has 0 bridgehead atoms. The van der Waals surface area contributed by atoms with Crippen LogP contribution in [0.25, 0.3) is 0 Å². The van der Waals surface area contributed by atoms with Gasteiger partial charge in [0.1, 0.15) is 0 Å². The minimum Gasteiger partial charge on any atom is -0.545 e. The Morgan fingerprint density at radius 2 is 2.15 bits per heavy atom. The standard InChI is InChI=1S/C10H13NO2/c1-2-7-11-9-6-4-3-5-8(9)10(12)13/h3-6,11H,2,7H2,1H3,(H,12,13)/p-1. The highest BCUT2D eigenvalue weighted by atomic mass is 16.4. The maximum atomic E-state index is 10.6. The van der Waals surface area contributed by atoms with Crippen LogP contribution in [-0.4, -0.2) is 12.5 Å². The Morgan fingerprint density at radius 3 is 2.77 bits per heavy atom. The fraction of sp³-hybridized carbons (Fsp3) is 0.300. The molecule has 0 aliphatic carbocycles. The van der Waals surface area contributed by atoms with E-state index < -0.39 is 5.97 Å². The Morgan fingerprint density at radius 1 is 1.46 bits per heavy atom. The lowest BCUT2D eigenvalue weighted by Gasteiger charge is -2.11. The Bertz CT molecular complexity index is 297. The highest BCUT2D eigenvalue weighted by Gasteiger charge is 1.99. The number of hydrogen-bond donors (Lipinski definition) is 1. The fourth-order valence-electron chi connectivity index (χ4n) is 1.07. The number of nitrogens with one attached hydrogen (secondary N) is 1. The summed E-state index contributed by atoms with van der Waals surface area (Å²) in [6.07, 6.45) is 0.960. The van der Waals surface area contributed by atoms with E-state index in [1.165, 1.54) is 6.07 Å². The van der Waals surface area contributed by atoms with Gasteiger partial charge >= 0.3 is 0 Å². The van der Waals surface area contributed by atoms with Crippen LogP contribution in [0.4, 0.5) is 5.69 Å². The summed E-state index contributed by atoms with van der Waals surface area (Å²) in [7, 11) is 0. The molecule has 0 unspecified atom stereocenters. The van der Waals surface area contributed by atoms with E-state index in [0.717, 1.165) is 13.0 Å². The third-order valence-electron chi connectivity index (χ3n) is 1.71. The first kappa shape index (κ1) is 9.58. The molecule has 0 spiro atoms. The number of para-hydroxylation sites is 1. The molecule has 3 heteroatoms. The predicted octanol–water partition coefficient (Wildman–Crippen LogP) is 0.872. The topological polar surface area (TPSA) is 52.2 Å². The first-order valence-electron chi connectivity index (χ1n) is 4.30. The van der Waals surface area contributed by atoms with Gasteiger partial charge in [0, 0.05) is 17.8 Å². The van der Waals surface area contributed by atoms with Crippen molar-refractivity contribution in [3.63, 3.8) is 0 Å². The van der Waals surface area contributed by atoms with E-state index in [0.29, 0.717) is 5.69 Å². The summed E-state index contributed by atoms with van der Waals surface area (Å²) in [5.74, 6) is -1.14. The molecule has 0 heterocycles. The fourth-order valence-corrected chi connectivity index (χ4v) is 1.07. The van der Waals surface area contributed by atoms with Crippen molar-refractivity contribution >= 4 is 11.7 Å². The van der Waals surface area contributed by atoms with Gasteiger partial charge in [0.2, 0.25) is 0 Å². The van der Waals surface area contributed by atoms with Crippen LogP contribution in [0, 0.1) is 0 Å². The number of hydrogen-bond acceptors (Lipinski definition) is 3. The summed E-state index contributed by atoms with van der Waals surface area (Å²) in [5.41, 5.74) is 0.848. The molecule has 1 N–H and O–H groups in total. The summed E-state index contributed by atoms with van der Waals surface area (Å²) in [6, 6.07) is 6.75. The molecule has 0 atom stereocenters. The van der Waals surface area contributed by atoms with Crippen molar-refractivity contribution in [2.24, 2.45) is 0 Å². The van der Waals surface area contributed by atoms with Crippen LogP contribution >= 0.6 is 0 Å². The highest BCUT2D eigenvalue weighted by molar-refractivity contribution is 5.92. The number of rotatable bonds is 4. The van der Waals surface area contributed by atoms with E-state index in [-0.39, 0.29) is 5.56 Å². The minimum absolute atomic E-state index is 0.218. The molecule has 0 saturated heterocycles. The third-order valence-corrected chi connectivity index (χ3v) is 1.71. The average Bonchev–Trinajstić information content (AvgIpc) is 2.15. The first-order valence-corrected chi connectivity index (χ1v) is 4.30.